The maximum absolute atomic E-state index is 12.4. The number of sulfonamides is 1. The van der Waals surface area contributed by atoms with Crippen molar-refractivity contribution in [3.63, 3.8) is 0 Å². The molecule has 2 aromatic carbocycles. The van der Waals surface area contributed by atoms with E-state index in [4.69, 9.17) is 0 Å². The van der Waals surface area contributed by atoms with Gasteiger partial charge in [-0.05, 0) is 42.7 Å². The largest absolute Gasteiger partial charge is 0.364 e. The van der Waals surface area contributed by atoms with E-state index < -0.39 is 16.2 Å². The van der Waals surface area contributed by atoms with Crippen molar-refractivity contribution in [2.45, 2.75) is 49.2 Å². The third-order valence-corrected chi connectivity index (χ3v) is 6.68. The second kappa shape index (κ2) is 7.32. The molecule has 6 nitrogen and oxygen atoms in total. The third kappa shape index (κ3) is 3.84. The highest BCUT2D eigenvalue weighted by Crippen LogP contribution is 2.30. The van der Waals surface area contributed by atoms with Gasteiger partial charge in [0.05, 0.1) is 5.69 Å². The first-order valence-electron chi connectivity index (χ1n) is 9.32. The number of anilines is 1. The van der Waals surface area contributed by atoms with Gasteiger partial charge in [-0.25, -0.2) is 8.42 Å². The van der Waals surface area contributed by atoms with Crippen molar-refractivity contribution in [2.24, 2.45) is 0 Å². The second-order valence-corrected chi connectivity index (χ2v) is 8.81. The topological polar surface area (TPSA) is 87.3 Å². The molecule has 0 bridgehead atoms. The summed E-state index contributed by atoms with van der Waals surface area (Å²) in [5.74, 6) is -0.0732. The van der Waals surface area contributed by atoms with E-state index >= 15 is 0 Å². The Morgan fingerprint density at radius 3 is 2.41 bits per heavy atom. The molecule has 2 aromatic rings. The van der Waals surface area contributed by atoms with Crippen molar-refractivity contribution in [3.05, 3.63) is 59.7 Å². The average Bonchev–Trinajstić information content (AvgIpc) is 2.68. The van der Waals surface area contributed by atoms with Crippen LogP contribution >= 0.6 is 0 Å². The second-order valence-electron chi connectivity index (χ2n) is 7.13. The Hall–Kier alpha value is -2.38. The number of para-hydroxylation sites is 1. The lowest BCUT2D eigenvalue weighted by Gasteiger charge is -2.28. The van der Waals surface area contributed by atoms with Crippen LogP contribution in [-0.2, 0) is 10.0 Å². The molecule has 2 aliphatic rings. The third-order valence-electron chi connectivity index (χ3n) is 5.20. The predicted octanol–water partition coefficient (Wildman–Crippen LogP) is 3.15. The minimum absolute atomic E-state index is 0.0732. The molecule has 1 unspecified atom stereocenters. The summed E-state index contributed by atoms with van der Waals surface area (Å²) in [6.07, 6.45) is 5.08. The standard InChI is InChI=1S/C20H23N3O3S/c24-20(21-16-6-2-1-3-7-16)15-12-10-14(11-13-15)19-22-17-8-4-5-9-18(17)27(25,26)23-19/h4-5,8-13,16,19,22-23H,1-3,6-7H2,(H,21,24). The zero-order valence-electron chi connectivity index (χ0n) is 14.9. The van der Waals surface area contributed by atoms with Gasteiger partial charge in [0.2, 0.25) is 10.0 Å². The van der Waals surface area contributed by atoms with Crippen molar-refractivity contribution in [1.29, 1.82) is 0 Å². The molecule has 1 aliphatic heterocycles. The molecule has 27 heavy (non-hydrogen) atoms. The van der Waals surface area contributed by atoms with Crippen molar-refractivity contribution >= 4 is 21.6 Å². The van der Waals surface area contributed by atoms with Gasteiger partial charge in [-0.2, -0.15) is 4.72 Å². The number of benzene rings is 2. The quantitative estimate of drug-likeness (QED) is 0.757. The summed E-state index contributed by atoms with van der Waals surface area (Å²) in [6.45, 7) is 0. The number of nitrogens with one attached hydrogen (secondary N) is 3. The number of hydrogen-bond donors (Lipinski definition) is 3. The van der Waals surface area contributed by atoms with Crippen molar-refractivity contribution in [1.82, 2.24) is 10.0 Å². The van der Waals surface area contributed by atoms with Crippen LogP contribution in [0, 0.1) is 0 Å². The Labute approximate surface area is 159 Å². The first-order chi connectivity index (χ1) is 13.0. The van der Waals surface area contributed by atoms with E-state index in [0.29, 0.717) is 11.3 Å². The molecule has 1 fully saturated rings. The van der Waals surface area contributed by atoms with Crippen LogP contribution in [0.5, 0.6) is 0 Å². The summed E-state index contributed by atoms with van der Waals surface area (Å²) in [5, 5.41) is 6.29. The SMILES string of the molecule is O=C(NC1CCCCC1)c1ccc(C2Nc3ccccc3S(=O)(=O)N2)cc1. The molecule has 1 aliphatic carbocycles. The summed E-state index contributed by atoms with van der Waals surface area (Å²) in [4.78, 5) is 12.7. The van der Waals surface area contributed by atoms with E-state index in [2.05, 4.69) is 15.4 Å². The van der Waals surface area contributed by atoms with Gasteiger partial charge in [0.15, 0.2) is 0 Å². The predicted molar refractivity (Wildman–Crippen MR) is 104 cm³/mol. The smallest absolute Gasteiger partial charge is 0.251 e. The Balaban J connectivity index is 1.49. The number of amides is 1. The summed E-state index contributed by atoms with van der Waals surface area (Å²) in [7, 11) is -3.58. The van der Waals surface area contributed by atoms with Gasteiger partial charge >= 0.3 is 0 Å². The fraction of sp³-hybridized carbons (Fsp3) is 0.350. The van der Waals surface area contributed by atoms with Gasteiger partial charge in [-0.3, -0.25) is 4.79 Å². The van der Waals surface area contributed by atoms with Crippen LogP contribution in [0.2, 0.25) is 0 Å². The highest BCUT2D eigenvalue weighted by Gasteiger charge is 2.29. The molecule has 142 valence electrons. The zero-order chi connectivity index (χ0) is 18.9. The van der Waals surface area contributed by atoms with Crippen LogP contribution in [-0.4, -0.2) is 20.4 Å². The minimum Gasteiger partial charge on any atom is -0.364 e. The van der Waals surface area contributed by atoms with Crippen LogP contribution in [0.1, 0.15) is 54.2 Å². The molecule has 3 N–H and O–H groups in total. The molecule has 7 heteroatoms. The first-order valence-corrected chi connectivity index (χ1v) is 10.8. The minimum atomic E-state index is -3.58. The summed E-state index contributed by atoms with van der Waals surface area (Å²) in [6, 6.07) is 14.1. The van der Waals surface area contributed by atoms with E-state index in [0.717, 1.165) is 18.4 Å². The fourth-order valence-corrected chi connectivity index (χ4v) is 5.02. The normalized spacial score (nSPS) is 21.7. The number of carbonyl (C=O) groups excluding carboxylic acids is 1. The Kier molecular flexibility index (Phi) is 4.88. The lowest BCUT2D eigenvalue weighted by Crippen LogP contribution is -2.38. The molecule has 0 aromatic heterocycles. The van der Waals surface area contributed by atoms with Gasteiger partial charge in [-0.1, -0.05) is 43.5 Å². The van der Waals surface area contributed by atoms with Gasteiger partial charge in [0, 0.05) is 11.6 Å². The molecular formula is C20H23N3O3S. The molecule has 0 spiro atoms. The summed E-state index contributed by atoms with van der Waals surface area (Å²) in [5.41, 5.74) is 1.91. The molecule has 1 atom stereocenters. The number of carbonyl (C=O) groups is 1. The van der Waals surface area contributed by atoms with Crippen molar-refractivity contribution in [3.8, 4) is 0 Å². The zero-order valence-corrected chi connectivity index (χ0v) is 15.8. The van der Waals surface area contributed by atoms with E-state index in [9.17, 15) is 13.2 Å². The maximum Gasteiger partial charge on any atom is 0.251 e. The molecule has 4 rings (SSSR count). The van der Waals surface area contributed by atoms with E-state index in [1.165, 1.54) is 19.3 Å². The van der Waals surface area contributed by atoms with Gasteiger partial charge in [0.1, 0.15) is 11.1 Å². The summed E-state index contributed by atoms with van der Waals surface area (Å²) >= 11 is 0. The number of fused-ring (bicyclic) bond motifs is 1. The van der Waals surface area contributed by atoms with Gasteiger partial charge < -0.3 is 10.6 Å². The highest BCUT2D eigenvalue weighted by atomic mass is 32.2. The lowest BCUT2D eigenvalue weighted by molar-refractivity contribution is 0.0927. The molecule has 1 heterocycles. The van der Waals surface area contributed by atoms with Crippen LogP contribution in [0.15, 0.2) is 53.4 Å². The monoisotopic (exact) mass is 385 g/mol. The maximum atomic E-state index is 12.4. The number of hydrogen-bond acceptors (Lipinski definition) is 4. The number of rotatable bonds is 3. The van der Waals surface area contributed by atoms with Crippen LogP contribution in [0.3, 0.4) is 0 Å². The average molecular weight is 385 g/mol. The van der Waals surface area contributed by atoms with E-state index in [1.807, 2.05) is 0 Å². The van der Waals surface area contributed by atoms with Crippen LogP contribution in [0.4, 0.5) is 5.69 Å². The molecule has 0 radical (unpaired) electrons. The molecular weight excluding hydrogens is 362 g/mol. The van der Waals surface area contributed by atoms with Crippen LogP contribution < -0.4 is 15.4 Å². The Bertz CT molecular complexity index is 935. The van der Waals surface area contributed by atoms with Crippen molar-refractivity contribution < 1.29 is 13.2 Å². The summed E-state index contributed by atoms with van der Waals surface area (Å²) < 4.78 is 27.5. The molecule has 1 saturated carbocycles. The fourth-order valence-electron chi connectivity index (χ4n) is 3.72. The van der Waals surface area contributed by atoms with Gasteiger partial charge in [-0.15, -0.1) is 0 Å². The molecule has 0 saturated heterocycles. The Morgan fingerprint density at radius 1 is 0.963 bits per heavy atom. The van der Waals surface area contributed by atoms with E-state index in [1.54, 1.807) is 48.5 Å². The highest BCUT2D eigenvalue weighted by molar-refractivity contribution is 7.89. The first kappa shape index (κ1) is 18.0. The lowest BCUT2D eigenvalue weighted by atomic mass is 9.95. The van der Waals surface area contributed by atoms with Gasteiger partial charge in [0.25, 0.3) is 5.91 Å². The molecule has 1 amide bonds. The van der Waals surface area contributed by atoms with E-state index in [-0.39, 0.29) is 16.8 Å². The van der Waals surface area contributed by atoms with Crippen molar-refractivity contribution in [2.75, 3.05) is 5.32 Å². The van der Waals surface area contributed by atoms with Crippen LogP contribution in [0.25, 0.3) is 0 Å². The Morgan fingerprint density at radius 2 is 1.67 bits per heavy atom.